The first-order valence-corrected chi connectivity index (χ1v) is 7.24. The Kier molecular flexibility index (Phi) is 3.26. The maximum absolute atomic E-state index is 11.8. The molecule has 1 aromatic rings. The quantitative estimate of drug-likeness (QED) is 0.769. The highest BCUT2D eigenvalue weighted by Gasteiger charge is 2.40. The van der Waals surface area contributed by atoms with E-state index in [0.29, 0.717) is 11.6 Å². The number of carbonyl (C=O) groups is 1. The van der Waals surface area contributed by atoms with Crippen LogP contribution in [0.15, 0.2) is 0 Å². The van der Waals surface area contributed by atoms with Gasteiger partial charge in [0, 0.05) is 10.3 Å². The molecule has 0 saturated carbocycles. The van der Waals surface area contributed by atoms with Crippen molar-refractivity contribution in [1.29, 1.82) is 0 Å². The predicted octanol–water partition coefficient (Wildman–Crippen LogP) is 3.57. The molecule has 0 atom stereocenters. The molecular formula is C14H21NO2S. The average molecular weight is 267 g/mol. The molecule has 0 aromatic carbocycles. The summed E-state index contributed by atoms with van der Waals surface area (Å²) in [6.07, 6.45) is 2.07. The van der Waals surface area contributed by atoms with E-state index in [2.05, 4.69) is 32.7 Å². The molecular weight excluding hydrogens is 246 g/mol. The maximum atomic E-state index is 11.8. The van der Waals surface area contributed by atoms with E-state index in [0.717, 1.165) is 18.5 Å². The lowest BCUT2D eigenvalue weighted by atomic mass is 9.67. The highest BCUT2D eigenvalue weighted by Crippen LogP contribution is 2.47. The zero-order chi connectivity index (χ0) is 13.6. The lowest BCUT2D eigenvalue weighted by molar-refractivity contribution is 0.0525. The fraction of sp³-hybridized carbons (Fsp3) is 0.714. The van der Waals surface area contributed by atoms with Crippen LogP contribution in [0.4, 0.5) is 0 Å². The molecule has 0 unspecified atom stereocenters. The third-order valence-electron chi connectivity index (χ3n) is 3.33. The molecule has 0 amide bonds. The van der Waals surface area contributed by atoms with E-state index in [1.165, 1.54) is 16.2 Å². The molecule has 0 aliphatic heterocycles. The third kappa shape index (κ3) is 2.44. The SMILES string of the molecule is CCOC(=O)c1nc2c(s1)C(C)(C)CC(C)(C)C2. The molecule has 3 nitrogen and oxygen atoms in total. The second-order valence-electron chi connectivity index (χ2n) is 6.42. The van der Waals surface area contributed by atoms with Crippen LogP contribution in [0.3, 0.4) is 0 Å². The van der Waals surface area contributed by atoms with Gasteiger partial charge in [0.2, 0.25) is 5.01 Å². The van der Waals surface area contributed by atoms with Crippen molar-refractivity contribution < 1.29 is 9.53 Å². The van der Waals surface area contributed by atoms with Crippen molar-refractivity contribution in [2.45, 2.75) is 52.9 Å². The summed E-state index contributed by atoms with van der Waals surface area (Å²) in [4.78, 5) is 17.5. The second kappa shape index (κ2) is 4.34. The number of nitrogens with zero attached hydrogens (tertiary/aromatic N) is 1. The van der Waals surface area contributed by atoms with Gasteiger partial charge >= 0.3 is 5.97 Å². The van der Waals surface area contributed by atoms with Crippen molar-refractivity contribution in [3.8, 4) is 0 Å². The van der Waals surface area contributed by atoms with Crippen molar-refractivity contribution in [2.75, 3.05) is 6.61 Å². The first kappa shape index (κ1) is 13.5. The van der Waals surface area contributed by atoms with Gasteiger partial charge in [-0.1, -0.05) is 27.7 Å². The second-order valence-corrected chi connectivity index (χ2v) is 7.42. The number of thiazole rings is 1. The molecule has 0 N–H and O–H groups in total. The van der Waals surface area contributed by atoms with Gasteiger partial charge in [-0.3, -0.25) is 0 Å². The van der Waals surface area contributed by atoms with Gasteiger partial charge in [0.15, 0.2) is 0 Å². The molecule has 0 bridgehead atoms. The number of aromatic nitrogens is 1. The Morgan fingerprint density at radius 2 is 2.06 bits per heavy atom. The van der Waals surface area contributed by atoms with E-state index in [9.17, 15) is 4.79 Å². The average Bonchev–Trinajstić information content (AvgIpc) is 2.59. The summed E-state index contributed by atoms with van der Waals surface area (Å²) >= 11 is 1.51. The number of fused-ring (bicyclic) bond motifs is 1. The molecule has 2 rings (SSSR count). The lowest BCUT2D eigenvalue weighted by Gasteiger charge is -2.39. The molecule has 0 saturated heterocycles. The van der Waals surface area contributed by atoms with Crippen molar-refractivity contribution in [3.63, 3.8) is 0 Å². The third-order valence-corrected chi connectivity index (χ3v) is 4.77. The Morgan fingerprint density at radius 1 is 1.39 bits per heavy atom. The zero-order valence-electron chi connectivity index (χ0n) is 11.8. The van der Waals surface area contributed by atoms with Crippen molar-refractivity contribution in [2.24, 2.45) is 5.41 Å². The van der Waals surface area contributed by atoms with Gasteiger partial charge in [-0.2, -0.15) is 0 Å². The van der Waals surface area contributed by atoms with Crippen molar-refractivity contribution in [1.82, 2.24) is 4.98 Å². The van der Waals surface area contributed by atoms with E-state index in [1.54, 1.807) is 0 Å². The molecule has 18 heavy (non-hydrogen) atoms. The molecule has 1 heterocycles. The predicted molar refractivity (Wildman–Crippen MR) is 73.2 cm³/mol. The highest BCUT2D eigenvalue weighted by atomic mass is 32.1. The largest absolute Gasteiger partial charge is 0.461 e. The van der Waals surface area contributed by atoms with Crippen LogP contribution >= 0.6 is 11.3 Å². The minimum atomic E-state index is -0.287. The monoisotopic (exact) mass is 267 g/mol. The van der Waals surface area contributed by atoms with Crippen molar-refractivity contribution in [3.05, 3.63) is 15.6 Å². The summed E-state index contributed by atoms with van der Waals surface area (Å²) in [6.45, 7) is 11.2. The highest BCUT2D eigenvalue weighted by molar-refractivity contribution is 7.13. The van der Waals surface area contributed by atoms with Gasteiger partial charge in [-0.15, -0.1) is 11.3 Å². The number of esters is 1. The summed E-state index contributed by atoms with van der Waals surface area (Å²) in [7, 11) is 0. The Hall–Kier alpha value is -0.900. The molecule has 4 heteroatoms. The maximum Gasteiger partial charge on any atom is 0.367 e. The normalized spacial score (nSPS) is 20.3. The van der Waals surface area contributed by atoms with Crippen LogP contribution in [0, 0.1) is 5.41 Å². The van der Waals surface area contributed by atoms with Crippen molar-refractivity contribution >= 4 is 17.3 Å². The van der Waals surface area contributed by atoms with E-state index < -0.39 is 0 Å². The minimum absolute atomic E-state index is 0.0967. The Morgan fingerprint density at radius 3 is 2.67 bits per heavy atom. The summed E-state index contributed by atoms with van der Waals surface area (Å²) < 4.78 is 5.03. The van der Waals surface area contributed by atoms with E-state index in [4.69, 9.17) is 4.74 Å². The molecule has 0 radical (unpaired) electrons. The Balaban J connectivity index is 2.39. The first-order valence-electron chi connectivity index (χ1n) is 6.42. The van der Waals surface area contributed by atoms with Gasteiger partial charge in [0.25, 0.3) is 0 Å². The molecule has 1 aromatic heterocycles. The lowest BCUT2D eigenvalue weighted by Crippen LogP contribution is -2.33. The Bertz CT molecular complexity index is 474. The van der Waals surface area contributed by atoms with Gasteiger partial charge in [-0.25, -0.2) is 9.78 Å². The van der Waals surface area contributed by atoms with E-state index in [-0.39, 0.29) is 16.8 Å². The fourth-order valence-corrected chi connectivity index (χ4v) is 4.15. The first-order chi connectivity index (χ1) is 8.25. The van der Waals surface area contributed by atoms with Crippen LogP contribution in [0.1, 0.15) is 61.4 Å². The number of hydrogen-bond acceptors (Lipinski definition) is 4. The van der Waals surface area contributed by atoms with Gasteiger partial charge < -0.3 is 4.74 Å². The summed E-state index contributed by atoms with van der Waals surface area (Å²) in [5.74, 6) is -0.287. The molecule has 1 aliphatic carbocycles. The zero-order valence-corrected chi connectivity index (χ0v) is 12.6. The summed E-state index contributed by atoms with van der Waals surface area (Å²) in [5, 5.41) is 0.507. The van der Waals surface area contributed by atoms with Crippen LogP contribution in [-0.2, 0) is 16.6 Å². The van der Waals surface area contributed by atoms with Crippen LogP contribution in [-0.4, -0.2) is 17.6 Å². The molecule has 100 valence electrons. The number of rotatable bonds is 2. The van der Waals surface area contributed by atoms with Crippen LogP contribution in [0.5, 0.6) is 0 Å². The fourth-order valence-electron chi connectivity index (χ4n) is 3.07. The standard InChI is InChI=1S/C14H21NO2S/c1-6-17-12(16)11-15-9-7-13(2,3)8-14(4,5)10(9)18-11/h6-8H2,1-5H3. The van der Waals surface area contributed by atoms with Crippen LogP contribution in [0.2, 0.25) is 0 Å². The number of hydrogen-bond donors (Lipinski definition) is 0. The smallest absolute Gasteiger partial charge is 0.367 e. The van der Waals surface area contributed by atoms with Crippen LogP contribution in [0.25, 0.3) is 0 Å². The number of ether oxygens (including phenoxy) is 1. The topological polar surface area (TPSA) is 39.2 Å². The van der Waals surface area contributed by atoms with Gasteiger partial charge in [0.1, 0.15) is 0 Å². The van der Waals surface area contributed by atoms with E-state index in [1.807, 2.05) is 6.92 Å². The summed E-state index contributed by atoms with van der Waals surface area (Å²) in [6, 6.07) is 0. The molecule has 0 spiro atoms. The van der Waals surface area contributed by atoms with Crippen LogP contribution < -0.4 is 0 Å². The summed E-state index contributed by atoms with van der Waals surface area (Å²) in [5.41, 5.74) is 1.43. The minimum Gasteiger partial charge on any atom is -0.461 e. The van der Waals surface area contributed by atoms with E-state index >= 15 is 0 Å². The van der Waals surface area contributed by atoms with Gasteiger partial charge in [0.05, 0.1) is 12.3 Å². The molecule has 1 aliphatic rings. The Labute approximate surface area is 113 Å². The molecule has 0 fully saturated rings. The van der Waals surface area contributed by atoms with Gasteiger partial charge in [-0.05, 0) is 25.2 Å². The number of carbonyl (C=O) groups excluding carboxylic acids is 1.